The van der Waals surface area contributed by atoms with E-state index in [1.807, 2.05) is 13.8 Å². The maximum Gasteiger partial charge on any atom is 0.410 e. The molecule has 0 bridgehead atoms. The minimum atomic E-state index is -0.521. The van der Waals surface area contributed by atoms with Crippen LogP contribution in [0, 0.1) is 5.92 Å². The van der Waals surface area contributed by atoms with Crippen LogP contribution in [0.4, 0.5) is 4.79 Å². The number of Topliss-reactive ketones (excluding diaryl/α,β-unsaturated/α-hetero) is 1. The van der Waals surface area contributed by atoms with Crippen LogP contribution in [-0.4, -0.2) is 36.0 Å². The first kappa shape index (κ1) is 14.9. The Hall–Kier alpha value is -1.06. The van der Waals surface area contributed by atoms with Crippen molar-refractivity contribution in [1.82, 2.24) is 4.90 Å². The lowest BCUT2D eigenvalue weighted by molar-refractivity contribution is -0.120. The summed E-state index contributed by atoms with van der Waals surface area (Å²) in [5.74, 6) is 0.378. The minimum absolute atomic E-state index is 0.0587. The molecule has 0 fully saturated rings. The summed E-state index contributed by atoms with van der Waals surface area (Å²) < 4.78 is 5.14. The van der Waals surface area contributed by atoms with Crippen LogP contribution in [0.25, 0.3) is 0 Å². The highest BCUT2D eigenvalue weighted by Crippen LogP contribution is 2.09. The average molecular weight is 229 g/mol. The first-order valence-corrected chi connectivity index (χ1v) is 5.57. The van der Waals surface area contributed by atoms with Crippen molar-refractivity contribution in [3.63, 3.8) is 0 Å². The number of ketones is 1. The predicted molar refractivity (Wildman–Crippen MR) is 63.3 cm³/mol. The molecular formula is C12H23NO3. The summed E-state index contributed by atoms with van der Waals surface area (Å²) >= 11 is 0. The lowest BCUT2D eigenvalue weighted by atomic mass is 10.1. The zero-order valence-corrected chi connectivity index (χ0v) is 11.2. The zero-order chi connectivity index (χ0) is 12.9. The van der Waals surface area contributed by atoms with Gasteiger partial charge in [0, 0.05) is 13.5 Å². The first-order chi connectivity index (χ1) is 7.11. The monoisotopic (exact) mass is 229 g/mol. The summed E-state index contributed by atoms with van der Waals surface area (Å²) in [6, 6.07) is 0. The van der Waals surface area contributed by atoms with Crippen LogP contribution in [0.5, 0.6) is 0 Å². The van der Waals surface area contributed by atoms with Crippen molar-refractivity contribution >= 4 is 11.9 Å². The van der Waals surface area contributed by atoms with Gasteiger partial charge in [0.1, 0.15) is 5.60 Å². The van der Waals surface area contributed by atoms with Gasteiger partial charge < -0.3 is 9.64 Å². The van der Waals surface area contributed by atoms with Crippen LogP contribution in [0.3, 0.4) is 0 Å². The second-order valence-corrected chi connectivity index (χ2v) is 5.47. The largest absolute Gasteiger partial charge is 0.444 e. The van der Waals surface area contributed by atoms with Gasteiger partial charge >= 0.3 is 6.09 Å². The molecule has 16 heavy (non-hydrogen) atoms. The molecule has 0 radical (unpaired) electrons. The summed E-state index contributed by atoms with van der Waals surface area (Å²) in [5.41, 5.74) is -0.521. The molecule has 1 amide bonds. The van der Waals surface area contributed by atoms with Gasteiger partial charge in [0.25, 0.3) is 0 Å². The van der Waals surface area contributed by atoms with Gasteiger partial charge in [-0.1, -0.05) is 13.8 Å². The number of amides is 1. The molecule has 0 aliphatic heterocycles. The Morgan fingerprint density at radius 2 is 1.75 bits per heavy atom. The first-order valence-electron chi connectivity index (χ1n) is 5.57. The third kappa shape index (κ3) is 7.26. The fourth-order valence-corrected chi connectivity index (χ4v) is 1.19. The second kappa shape index (κ2) is 5.87. The highest BCUT2D eigenvalue weighted by Gasteiger charge is 2.21. The molecule has 4 nitrogen and oxygen atoms in total. The molecule has 0 rings (SSSR count). The molecule has 0 aromatic carbocycles. The van der Waals surface area contributed by atoms with Crippen molar-refractivity contribution in [2.45, 2.75) is 46.6 Å². The van der Waals surface area contributed by atoms with E-state index in [-0.39, 0.29) is 12.3 Å². The number of rotatable bonds is 4. The molecular weight excluding hydrogens is 206 g/mol. The standard InChI is InChI=1S/C12H23NO3/c1-9(2)7-10(14)8-13(6)11(15)16-12(3,4)5/h9H,7-8H2,1-6H3. The number of carbonyl (C=O) groups excluding carboxylic acids is 2. The molecule has 0 N–H and O–H groups in total. The number of likely N-dealkylation sites (N-methyl/N-ethyl adjacent to an activating group) is 1. The predicted octanol–water partition coefficient (Wildman–Crippen LogP) is 2.47. The zero-order valence-electron chi connectivity index (χ0n) is 11.2. The molecule has 0 spiro atoms. The van der Waals surface area contributed by atoms with Crippen LogP contribution >= 0.6 is 0 Å². The summed E-state index contributed by atoms with van der Waals surface area (Å²) in [6.45, 7) is 9.47. The van der Waals surface area contributed by atoms with Gasteiger partial charge in [0.15, 0.2) is 5.78 Å². The SMILES string of the molecule is CC(C)CC(=O)CN(C)C(=O)OC(C)(C)C. The fourth-order valence-electron chi connectivity index (χ4n) is 1.19. The maximum atomic E-state index is 11.5. The van der Waals surface area contributed by atoms with E-state index in [1.54, 1.807) is 27.8 Å². The Kier molecular flexibility index (Phi) is 5.48. The average Bonchev–Trinajstić information content (AvgIpc) is 1.98. The molecule has 0 aliphatic carbocycles. The molecule has 94 valence electrons. The highest BCUT2D eigenvalue weighted by molar-refractivity contribution is 5.84. The Morgan fingerprint density at radius 1 is 1.25 bits per heavy atom. The van der Waals surface area contributed by atoms with E-state index in [0.29, 0.717) is 12.3 Å². The van der Waals surface area contributed by atoms with Crippen molar-refractivity contribution in [1.29, 1.82) is 0 Å². The Morgan fingerprint density at radius 3 is 2.12 bits per heavy atom. The fraction of sp³-hybridized carbons (Fsp3) is 0.833. The van der Waals surface area contributed by atoms with E-state index >= 15 is 0 Å². The van der Waals surface area contributed by atoms with E-state index < -0.39 is 11.7 Å². The number of ether oxygens (including phenoxy) is 1. The molecule has 4 heteroatoms. The van der Waals surface area contributed by atoms with E-state index in [2.05, 4.69) is 0 Å². The molecule has 0 aromatic heterocycles. The molecule has 0 saturated heterocycles. The lowest BCUT2D eigenvalue weighted by Gasteiger charge is -2.24. The van der Waals surface area contributed by atoms with Crippen LogP contribution in [0.15, 0.2) is 0 Å². The smallest absolute Gasteiger partial charge is 0.410 e. The van der Waals surface area contributed by atoms with Gasteiger partial charge in [0.05, 0.1) is 6.54 Å². The molecule has 0 heterocycles. The minimum Gasteiger partial charge on any atom is -0.444 e. The van der Waals surface area contributed by atoms with E-state index in [4.69, 9.17) is 4.74 Å². The Labute approximate surface area is 98.0 Å². The van der Waals surface area contributed by atoms with Crippen LogP contribution in [-0.2, 0) is 9.53 Å². The number of carbonyl (C=O) groups is 2. The van der Waals surface area contributed by atoms with Gasteiger partial charge in [-0.2, -0.15) is 0 Å². The van der Waals surface area contributed by atoms with Crippen molar-refractivity contribution < 1.29 is 14.3 Å². The highest BCUT2D eigenvalue weighted by atomic mass is 16.6. The van der Waals surface area contributed by atoms with Crippen LogP contribution in [0.1, 0.15) is 41.0 Å². The Bertz CT molecular complexity index is 253. The third-order valence-corrected chi connectivity index (χ3v) is 1.75. The van der Waals surface area contributed by atoms with Gasteiger partial charge in [-0.15, -0.1) is 0 Å². The van der Waals surface area contributed by atoms with Gasteiger partial charge in [-0.05, 0) is 26.7 Å². The molecule has 0 aromatic rings. The van der Waals surface area contributed by atoms with E-state index in [9.17, 15) is 9.59 Å². The van der Waals surface area contributed by atoms with Gasteiger partial charge in [-0.3, -0.25) is 4.79 Å². The summed E-state index contributed by atoms with van der Waals surface area (Å²) in [4.78, 5) is 24.3. The van der Waals surface area contributed by atoms with Crippen molar-refractivity contribution in [3.8, 4) is 0 Å². The van der Waals surface area contributed by atoms with Gasteiger partial charge in [0.2, 0.25) is 0 Å². The van der Waals surface area contributed by atoms with Crippen molar-refractivity contribution in [2.75, 3.05) is 13.6 Å². The maximum absolute atomic E-state index is 11.5. The molecule has 0 saturated carbocycles. The normalized spacial score (nSPS) is 11.4. The van der Waals surface area contributed by atoms with Crippen LogP contribution in [0.2, 0.25) is 0 Å². The molecule has 0 atom stereocenters. The van der Waals surface area contributed by atoms with E-state index in [1.165, 1.54) is 4.90 Å². The van der Waals surface area contributed by atoms with Crippen LogP contribution < -0.4 is 0 Å². The number of nitrogens with zero attached hydrogens (tertiary/aromatic N) is 1. The summed E-state index contributed by atoms with van der Waals surface area (Å²) in [5, 5.41) is 0. The second-order valence-electron chi connectivity index (χ2n) is 5.47. The van der Waals surface area contributed by atoms with Gasteiger partial charge in [-0.25, -0.2) is 4.79 Å². The summed E-state index contributed by atoms with van der Waals surface area (Å²) in [7, 11) is 1.58. The Balaban J connectivity index is 4.11. The number of hydrogen-bond acceptors (Lipinski definition) is 3. The lowest BCUT2D eigenvalue weighted by Crippen LogP contribution is -2.37. The molecule has 0 unspecified atom stereocenters. The van der Waals surface area contributed by atoms with Crippen molar-refractivity contribution in [2.24, 2.45) is 5.92 Å². The topological polar surface area (TPSA) is 46.6 Å². The van der Waals surface area contributed by atoms with Crippen molar-refractivity contribution in [3.05, 3.63) is 0 Å². The van der Waals surface area contributed by atoms with E-state index in [0.717, 1.165) is 0 Å². The third-order valence-electron chi connectivity index (χ3n) is 1.75. The number of hydrogen-bond donors (Lipinski definition) is 0. The quantitative estimate of drug-likeness (QED) is 0.744. The summed E-state index contributed by atoms with van der Waals surface area (Å²) in [6.07, 6.45) is 0.0391. The molecule has 0 aliphatic rings.